The minimum Gasteiger partial charge on any atom is -0.305 e. The summed E-state index contributed by atoms with van der Waals surface area (Å²) < 4.78 is 0. The van der Waals surface area contributed by atoms with Crippen molar-refractivity contribution >= 4 is 11.3 Å². The molecule has 2 rings (SSSR count). The molecule has 1 aromatic heterocycles. The van der Waals surface area contributed by atoms with E-state index in [0.29, 0.717) is 6.04 Å². The predicted molar refractivity (Wildman–Crippen MR) is 80.1 cm³/mol. The summed E-state index contributed by atoms with van der Waals surface area (Å²) in [6.45, 7) is 7.57. The molecule has 1 atom stereocenters. The Hall–Kier alpha value is -1.12. The Labute approximate surface area is 114 Å². The Morgan fingerprint density at radius 1 is 1.17 bits per heavy atom. The van der Waals surface area contributed by atoms with Gasteiger partial charge in [-0.15, -0.1) is 11.3 Å². The summed E-state index contributed by atoms with van der Waals surface area (Å²) in [5, 5.41) is 3.65. The largest absolute Gasteiger partial charge is 0.305 e. The molecule has 2 aromatic rings. The van der Waals surface area contributed by atoms with Crippen molar-refractivity contribution in [2.24, 2.45) is 0 Å². The summed E-state index contributed by atoms with van der Waals surface area (Å²) in [7, 11) is 0. The summed E-state index contributed by atoms with van der Waals surface area (Å²) in [4.78, 5) is 2.86. The quantitative estimate of drug-likeness (QED) is 0.827. The molecule has 2 heteroatoms. The fourth-order valence-corrected chi connectivity index (χ4v) is 3.15. The van der Waals surface area contributed by atoms with Crippen LogP contribution in [-0.4, -0.2) is 0 Å². The molecule has 0 aliphatic heterocycles. The molecule has 1 unspecified atom stereocenters. The molecule has 96 valence electrons. The number of benzene rings is 1. The van der Waals surface area contributed by atoms with Gasteiger partial charge in [-0.25, -0.2) is 0 Å². The van der Waals surface area contributed by atoms with Gasteiger partial charge in [-0.1, -0.05) is 37.3 Å². The second-order valence-electron chi connectivity index (χ2n) is 4.70. The lowest BCUT2D eigenvalue weighted by Gasteiger charge is -2.16. The molecule has 0 spiro atoms. The average molecular weight is 259 g/mol. The van der Waals surface area contributed by atoms with Crippen LogP contribution >= 0.6 is 11.3 Å². The van der Waals surface area contributed by atoms with Crippen LogP contribution in [0, 0.1) is 13.8 Å². The summed E-state index contributed by atoms with van der Waals surface area (Å²) in [6, 6.07) is 13.4. The van der Waals surface area contributed by atoms with Gasteiger partial charge in [-0.05, 0) is 37.5 Å². The standard InChI is InChI=1S/C16H21NS/c1-4-16(14-8-6-5-7-9-14)17-11-15-10-12(2)13(3)18-15/h5-10,16-17H,4,11H2,1-3H3. The van der Waals surface area contributed by atoms with E-state index in [1.165, 1.54) is 20.9 Å². The van der Waals surface area contributed by atoms with E-state index in [2.05, 4.69) is 62.5 Å². The number of hydrogen-bond donors (Lipinski definition) is 1. The van der Waals surface area contributed by atoms with E-state index in [1.54, 1.807) is 0 Å². The van der Waals surface area contributed by atoms with Crippen molar-refractivity contribution in [3.8, 4) is 0 Å². The number of nitrogens with one attached hydrogen (secondary N) is 1. The first-order chi connectivity index (χ1) is 8.70. The molecule has 0 fully saturated rings. The maximum absolute atomic E-state index is 3.65. The highest BCUT2D eigenvalue weighted by atomic mass is 32.1. The zero-order chi connectivity index (χ0) is 13.0. The third-order valence-electron chi connectivity index (χ3n) is 3.35. The Morgan fingerprint density at radius 2 is 1.89 bits per heavy atom. The van der Waals surface area contributed by atoms with Crippen LogP contribution in [0.5, 0.6) is 0 Å². The van der Waals surface area contributed by atoms with Gasteiger partial charge in [0, 0.05) is 22.3 Å². The van der Waals surface area contributed by atoms with Crippen molar-refractivity contribution in [2.45, 2.75) is 39.8 Å². The summed E-state index contributed by atoms with van der Waals surface area (Å²) in [6.07, 6.45) is 1.12. The van der Waals surface area contributed by atoms with E-state index in [9.17, 15) is 0 Å². The predicted octanol–water partition coefficient (Wildman–Crippen LogP) is 4.61. The van der Waals surface area contributed by atoms with Gasteiger partial charge in [0.25, 0.3) is 0 Å². The SMILES string of the molecule is CCC(NCc1cc(C)c(C)s1)c1ccccc1. The monoisotopic (exact) mass is 259 g/mol. The molecule has 18 heavy (non-hydrogen) atoms. The van der Waals surface area contributed by atoms with Crippen molar-refractivity contribution in [3.05, 3.63) is 57.3 Å². The smallest absolute Gasteiger partial charge is 0.0320 e. The van der Waals surface area contributed by atoms with Gasteiger partial charge in [0.05, 0.1) is 0 Å². The highest BCUT2D eigenvalue weighted by molar-refractivity contribution is 7.12. The van der Waals surface area contributed by atoms with Crippen LogP contribution in [0.1, 0.15) is 40.3 Å². The van der Waals surface area contributed by atoms with E-state index in [0.717, 1.165) is 13.0 Å². The zero-order valence-corrected chi connectivity index (χ0v) is 12.2. The zero-order valence-electron chi connectivity index (χ0n) is 11.4. The van der Waals surface area contributed by atoms with Gasteiger partial charge < -0.3 is 5.32 Å². The minimum atomic E-state index is 0.453. The van der Waals surface area contributed by atoms with Crippen molar-refractivity contribution < 1.29 is 0 Å². The third-order valence-corrected chi connectivity index (χ3v) is 4.50. The van der Waals surface area contributed by atoms with Crippen molar-refractivity contribution in [2.75, 3.05) is 0 Å². The molecular formula is C16H21NS. The fraction of sp³-hybridized carbons (Fsp3) is 0.375. The van der Waals surface area contributed by atoms with Gasteiger partial charge >= 0.3 is 0 Å². The van der Waals surface area contributed by atoms with Crippen LogP contribution in [0.3, 0.4) is 0 Å². The van der Waals surface area contributed by atoms with Crippen molar-refractivity contribution in [3.63, 3.8) is 0 Å². The lowest BCUT2D eigenvalue weighted by molar-refractivity contribution is 0.522. The topological polar surface area (TPSA) is 12.0 Å². The second kappa shape index (κ2) is 6.17. The maximum atomic E-state index is 3.65. The molecule has 1 N–H and O–H groups in total. The summed E-state index contributed by atoms with van der Waals surface area (Å²) >= 11 is 1.90. The molecule has 1 aromatic carbocycles. The van der Waals surface area contributed by atoms with Crippen LogP contribution in [-0.2, 0) is 6.54 Å². The van der Waals surface area contributed by atoms with Crippen LogP contribution < -0.4 is 5.32 Å². The van der Waals surface area contributed by atoms with E-state index >= 15 is 0 Å². The highest BCUT2D eigenvalue weighted by Crippen LogP contribution is 2.22. The number of rotatable bonds is 5. The Balaban J connectivity index is 1.99. The molecule has 0 amide bonds. The second-order valence-corrected chi connectivity index (χ2v) is 6.05. The average Bonchev–Trinajstić information content (AvgIpc) is 2.71. The van der Waals surface area contributed by atoms with E-state index < -0.39 is 0 Å². The van der Waals surface area contributed by atoms with E-state index in [-0.39, 0.29) is 0 Å². The maximum Gasteiger partial charge on any atom is 0.0320 e. The Kier molecular flexibility index (Phi) is 4.56. The normalized spacial score (nSPS) is 12.6. The Bertz CT molecular complexity index is 468. The van der Waals surface area contributed by atoms with Gasteiger partial charge in [-0.2, -0.15) is 0 Å². The summed E-state index contributed by atoms with van der Waals surface area (Å²) in [5.41, 5.74) is 2.79. The van der Waals surface area contributed by atoms with E-state index in [4.69, 9.17) is 0 Å². The van der Waals surface area contributed by atoms with Gasteiger partial charge in [0.15, 0.2) is 0 Å². The molecule has 0 saturated carbocycles. The molecule has 0 bridgehead atoms. The lowest BCUT2D eigenvalue weighted by atomic mass is 10.0. The first-order valence-electron chi connectivity index (χ1n) is 6.55. The first kappa shape index (κ1) is 13.3. The minimum absolute atomic E-state index is 0.453. The highest BCUT2D eigenvalue weighted by Gasteiger charge is 2.09. The van der Waals surface area contributed by atoms with Gasteiger partial charge in [0.1, 0.15) is 0 Å². The van der Waals surface area contributed by atoms with Crippen LogP contribution in [0.15, 0.2) is 36.4 Å². The van der Waals surface area contributed by atoms with Crippen molar-refractivity contribution in [1.82, 2.24) is 5.32 Å². The van der Waals surface area contributed by atoms with Crippen LogP contribution in [0.25, 0.3) is 0 Å². The molecule has 1 heterocycles. The van der Waals surface area contributed by atoms with Gasteiger partial charge in [0.2, 0.25) is 0 Å². The molecule has 0 aliphatic carbocycles. The molecule has 0 saturated heterocycles. The summed E-state index contributed by atoms with van der Waals surface area (Å²) in [5.74, 6) is 0. The number of aryl methyl sites for hydroxylation is 2. The van der Waals surface area contributed by atoms with Crippen LogP contribution in [0.4, 0.5) is 0 Å². The van der Waals surface area contributed by atoms with Crippen molar-refractivity contribution in [1.29, 1.82) is 0 Å². The molecular weight excluding hydrogens is 238 g/mol. The first-order valence-corrected chi connectivity index (χ1v) is 7.36. The van der Waals surface area contributed by atoms with E-state index in [1.807, 2.05) is 11.3 Å². The Morgan fingerprint density at radius 3 is 2.44 bits per heavy atom. The number of hydrogen-bond acceptors (Lipinski definition) is 2. The molecule has 0 radical (unpaired) electrons. The van der Waals surface area contributed by atoms with Crippen LogP contribution in [0.2, 0.25) is 0 Å². The van der Waals surface area contributed by atoms with Gasteiger partial charge in [-0.3, -0.25) is 0 Å². The third kappa shape index (κ3) is 3.21. The molecule has 0 aliphatic rings. The lowest BCUT2D eigenvalue weighted by Crippen LogP contribution is -2.19. The fourth-order valence-electron chi connectivity index (χ4n) is 2.14. The number of thiophene rings is 1. The molecule has 1 nitrogen and oxygen atoms in total.